The van der Waals surface area contributed by atoms with Gasteiger partial charge in [0.15, 0.2) is 0 Å². The van der Waals surface area contributed by atoms with E-state index in [1.807, 2.05) is 53.2 Å². The highest BCUT2D eigenvalue weighted by molar-refractivity contribution is 8.00. The third kappa shape index (κ3) is 5.29. The molecule has 128 valence electrons. The Morgan fingerprint density at radius 2 is 1.76 bits per heavy atom. The Balaban J connectivity index is 1.83. The van der Waals surface area contributed by atoms with Gasteiger partial charge < -0.3 is 4.57 Å². The van der Waals surface area contributed by atoms with E-state index in [0.717, 1.165) is 22.0 Å². The smallest absolute Gasteiger partial charge is 0.0946 e. The van der Waals surface area contributed by atoms with Crippen molar-refractivity contribution in [2.24, 2.45) is 0 Å². The molecule has 0 aliphatic carbocycles. The molecule has 1 aromatic heterocycles. The zero-order chi connectivity index (χ0) is 17.6. The normalized spacial score (nSPS) is 12.6. The van der Waals surface area contributed by atoms with Gasteiger partial charge in [0.25, 0.3) is 0 Å². The minimum absolute atomic E-state index is 0.141. The van der Waals surface area contributed by atoms with E-state index in [1.165, 1.54) is 0 Å². The molecule has 3 aromatic rings. The summed E-state index contributed by atoms with van der Waals surface area (Å²) < 4.78 is 2.04. The molecule has 0 bridgehead atoms. The van der Waals surface area contributed by atoms with Gasteiger partial charge in [0, 0.05) is 34.1 Å². The summed E-state index contributed by atoms with van der Waals surface area (Å²) in [5.74, 6) is 0. The highest BCUT2D eigenvalue weighted by atomic mass is 35.5. The molecular weight excluding hydrogens is 395 g/mol. The van der Waals surface area contributed by atoms with Gasteiger partial charge in [0.2, 0.25) is 0 Å². The molecule has 0 saturated carbocycles. The highest BCUT2D eigenvalue weighted by Crippen LogP contribution is 2.37. The van der Waals surface area contributed by atoms with Gasteiger partial charge in [-0.25, -0.2) is 4.98 Å². The van der Waals surface area contributed by atoms with Crippen LogP contribution < -0.4 is 0 Å². The predicted octanol–water partition coefficient (Wildman–Crippen LogP) is 6.72. The third-order valence-corrected chi connectivity index (χ3v) is 5.90. The Kier molecular flexibility index (Phi) is 6.49. The fourth-order valence-electron chi connectivity index (χ4n) is 2.28. The summed E-state index contributed by atoms with van der Waals surface area (Å²) in [7, 11) is 0. The van der Waals surface area contributed by atoms with E-state index in [4.69, 9.17) is 34.8 Å². The molecule has 0 amide bonds. The molecule has 2 aromatic carbocycles. The van der Waals surface area contributed by atoms with E-state index in [2.05, 4.69) is 17.1 Å². The van der Waals surface area contributed by atoms with Crippen molar-refractivity contribution in [3.05, 3.63) is 87.9 Å². The molecular formula is C19H15Cl3N2S. The van der Waals surface area contributed by atoms with Crippen LogP contribution in [0.1, 0.15) is 5.56 Å². The van der Waals surface area contributed by atoms with Crippen LogP contribution in [0.15, 0.2) is 72.2 Å². The maximum absolute atomic E-state index is 6.33. The largest absolute Gasteiger partial charge is 0.336 e. The average molecular weight is 410 g/mol. The van der Waals surface area contributed by atoms with Gasteiger partial charge in [0.05, 0.1) is 16.4 Å². The van der Waals surface area contributed by atoms with Crippen molar-refractivity contribution < 1.29 is 0 Å². The van der Waals surface area contributed by atoms with Crippen LogP contribution in [-0.4, -0.2) is 14.8 Å². The number of rotatable bonds is 6. The fourth-order valence-corrected chi connectivity index (χ4v) is 4.14. The minimum Gasteiger partial charge on any atom is -0.336 e. The first-order chi connectivity index (χ1) is 12.1. The first-order valence-corrected chi connectivity index (χ1v) is 9.63. The molecule has 6 heteroatoms. The van der Waals surface area contributed by atoms with Crippen molar-refractivity contribution in [1.29, 1.82) is 0 Å². The molecule has 25 heavy (non-hydrogen) atoms. The monoisotopic (exact) mass is 408 g/mol. The Hall–Kier alpha value is -1.39. The second-order valence-corrected chi connectivity index (χ2v) is 7.88. The van der Waals surface area contributed by atoms with Gasteiger partial charge >= 0.3 is 0 Å². The van der Waals surface area contributed by atoms with E-state index >= 15 is 0 Å². The van der Waals surface area contributed by atoms with Crippen molar-refractivity contribution in [3.63, 3.8) is 0 Å². The Bertz CT molecular complexity index is 825. The minimum atomic E-state index is 0.141. The third-order valence-electron chi connectivity index (χ3n) is 3.51. The van der Waals surface area contributed by atoms with Gasteiger partial charge in [-0.3, -0.25) is 0 Å². The molecule has 0 saturated heterocycles. The quantitative estimate of drug-likeness (QED) is 0.421. The summed E-state index contributed by atoms with van der Waals surface area (Å²) in [5.41, 5.74) is 1.09. The number of benzene rings is 2. The van der Waals surface area contributed by atoms with Crippen LogP contribution in [0.2, 0.25) is 15.1 Å². The van der Waals surface area contributed by atoms with E-state index in [-0.39, 0.29) is 5.25 Å². The summed E-state index contributed by atoms with van der Waals surface area (Å²) in [6, 6.07) is 13.3. The van der Waals surface area contributed by atoms with Gasteiger partial charge in [-0.1, -0.05) is 65.2 Å². The summed E-state index contributed by atoms with van der Waals surface area (Å²) in [6.07, 6.45) is 9.74. The lowest BCUT2D eigenvalue weighted by molar-refractivity contribution is 0.720. The van der Waals surface area contributed by atoms with E-state index in [1.54, 1.807) is 24.3 Å². The second-order valence-electron chi connectivity index (χ2n) is 5.38. The van der Waals surface area contributed by atoms with Crippen LogP contribution in [0.25, 0.3) is 6.08 Å². The van der Waals surface area contributed by atoms with Crippen molar-refractivity contribution in [2.45, 2.75) is 16.7 Å². The van der Waals surface area contributed by atoms with Crippen LogP contribution in [0, 0.1) is 0 Å². The number of hydrogen-bond donors (Lipinski definition) is 0. The predicted molar refractivity (Wildman–Crippen MR) is 109 cm³/mol. The standard InChI is InChI=1S/C19H15Cl3N2S/c20-15-7-4-14(5-8-15)6-9-16(12-24-11-10-23-13-24)25-19-17(21)2-1-3-18(19)22/h1-11,13,16H,12H2/b9-6+. The number of nitrogens with zero attached hydrogens (tertiary/aromatic N) is 2. The average Bonchev–Trinajstić information content (AvgIpc) is 3.10. The summed E-state index contributed by atoms with van der Waals surface area (Å²) in [4.78, 5) is 4.99. The van der Waals surface area contributed by atoms with Crippen molar-refractivity contribution in [1.82, 2.24) is 9.55 Å². The second kappa shape index (κ2) is 8.81. The maximum atomic E-state index is 6.33. The number of aromatic nitrogens is 2. The number of thioether (sulfide) groups is 1. The van der Waals surface area contributed by atoms with Gasteiger partial charge in [0.1, 0.15) is 0 Å². The van der Waals surface area contributed by atoms with Gasteiger partial charge in [-0.15, -0.1) is 11.8 Å². The molecule has 3 rings (SSSR count). The van der Waals surface area contributed by atoms with Crippen molar-refractivity contribution in [2.75, 3.05) is 0 Å². The molecule has 0 spiro atoms. The maximum Gasteiger partial charge on any atom is 0.0946 e. The first kappa shape index (κ1) is 18.4. The number of imidazole rings is 1. The topological polar surface area (TPSA) is 17.8 Å². The molecule has 0 radical (unpaired) electrons. The molecule has 0 aliphatic rings. The Morgan fingerprint density at radius 3 is 2.40 bits per heavy atom. The molecule has 0 N–H and O–H groups in total. The van der Waals surface area contributed by atoms with Crippen LogP contribution in [0.5, 0.6) is 0 Å². The highest BCUT2D eigenvalue weighted by Gasteiger charge is 2.13. The van der Waals surface area contributed by atoms with Gasteiger partial charge in [-0.2, -0.15) is 0 Å². The molecule has 1 unspecified atom stereocenters. The van der Waals surface area contributed by atoms with Crippen molar-refractivity contribution in [3.8, 4) is 0 Å². The van der Waals surface area contributed by atoms with E-state index in [9.17, 15) is 0 Å². The summed E-state index contributed by atoms with van der Waals surface area (Å²) in [6.45, 7) is 0.760. The van der Waals surface area contributed by atoms with E-state index < -0.39 is 0 Å². The molecule has 1 heterocycles. The fraction of sp³-hybridized carbons (Fsp3) is 0.105. The number of halogens is 3. The lowest BCUT2D eigenvalue weighted by Crippen LogP contribution is -2.09. The Labute approximate surface area is 166 Å². The summed E-state index contributed by atoms with van der Waals surface area (Å²) >= 11 is 20.2. The zero-order valence-electron chi connectivity index (χ0n) is 13.1. The number of hydrogen-bond acceptors (Lipinski definition) is 2. The van der Waals surface area contributed by atoms with Crippen LogP contribution >= 0.6 is 46.6 Å². The summed E-state index contributed by atoms with van der Waals surface area (Å²) in [5, 5.41) is 2.19. The Morgan fingerprint density at radius 1 is 1.04 bits per heavy atom. The van der Waals surface area contributed by atoms with Crippen molar-refractivity contribution >= 4 is 52.6 Å². The van der Waals surface area contributed by atoms with Gasteiger partial charge in [-0.05, 0) is 29.8 Å². The lowest BCUT2D eigenvalue weighted by Gasteiger charge is -2.15. The SMILES string of the molecule is Clc1ccc(/C=C/C(Cn2ccnc2)Sc2c(Cl)cccc2Cl)cc1. The lowest BCUT2D eigenvalue weighted by atomic mass is 10.2. The van der Waals surface area contributed by atoms with Crippen LogP contribution in [0.4, 0.5) is 0 Å². The first-order valence-electron chi connectivity index (χ1n) is 7.62. The van der Waals surface area contributed by atoms with Crippen LogP contribution in [0.3, 0.4) is 0 Å². The molecule has 1 atom stereocenters. The zero-order valence-corrected chi connectivity index (χ0v) is 16.2. The van der Waals surface area contributed by atoms with E-state index in [0.29, 0.717) is 10.0 Å². The molecule has 0 fully saturated rings. The molecule has 2 nitrogen and oxygen atoms in total. The van der Waals surface area contributed by atoms with Crippen LogP contribution in [-0.2, 0) is 6.54 Å². The molecule has 0 aliphatic heterocycles.